The van der Waals surface area contributed by atoms with Crippen molar-refractivity contribution in [3.8, 4) is 0 Å². The zero-order chi connectivity index (χ0) is 21.2. The van der Waals surface area contributed by atoms with Crippen LogP contribution >= 0.6 is 0 Å². The molecule has 1 saturated heterocycles. The molecule has 0 saturated carbocycles. The van der Waals surface area contributed by atoms with E-state index in [2.05, 4.69) is 45.0 Å². The van der Waals surface area contributed by atoms with Crippen molar-refractivity contribution in [2.24, 2.45) is 0 Å². The van der Waals surface area contributed by atoms with Crippen molar-refractivity contribution in [2.45, 2.75) is 63.4 Å². The summed E-state index contributed by atoms with van der Waals surface area (Å²) < 4.78 is 17.9. The first-order chi connectivity index (χ1) is 13.7. The van der Waals surface area contributed by atoms with E-state index in [0.29, 0.717) is 0 Å². The molecule has 3 rings (SSSR count). The number of methoxy groups -OCH3 is 1. The van der Waals surface area contributed by atoms with Crippen LogP contribution in [0.2, 0.25) is 5.04 Å². The van der Waals surface area contributed by atoms with Gasteiger partial charge in [0.15, 0.2) is 6.29 Å². The third-order valence-electron chi connectivity index (χ3n) is 5.74. The molecule has 0 spiro atoms. The Hall–Kier alpha value is -1.54. The zero-order valence-corrected chi connectivity index (χ0v) is 18.8. The highest BCUT2D eigenvalue weighted by Crippen LogP contribution is 2.39. The minimum atomic E-state index is -2.92. The second-order valence-electron chi connectivity index (χ2n) is 8.67. The van der Waals surface area contributed by atoms with Gasteiger partial charge in [0, 0.05) is 7.11 Å². The lowest BCUT2D eigenvalue weighted by atomic mass is 10.0. The summed E-state index contributed by atoms with van der Waals surface area (Å²) in [7, 11) is -1.44. The standard InChI is InChI=1S/C23H32O5Si/c1-16-19(24)21(20(25)22(26-5)27-16)28-29(23(2,3)4,17-12-8-6-9-13-17)18-14-10-7-11-15-18/h6-16,19-22,24-25H,1-5H3/t16-,19+,20-,21+,22+/m0/s1. The number of benzene rings is 2. The lowest BCUT2D eigenvalue weighted by Crippen LogP contribution is -2.71. The van der Waals surface area contributed by atoms with Crippen LogP contribution in [-0.2, 0) is 13.9 Å². The first kappa shape index (κ1) is 22.1. The smallest absolute Gasteiger partial charge is 0.261 e. The lowest BCUT2D eigenvalue weighted by Gasteiger charge is -2.49. The molecule has 2 aromatic rings. The molecule has 2 N–H and O–H groups in total. The summed E-state index contributed by atoms with van der Waals surface area (Å²) in [5.74, 6) is 0. The predicted octanol–water partition coefficient (Wildman–Crippen LogP) is 2.04. The average molecular weight is 417 g/mol. The van der Waals surface area contributed by atoms with Crippen LogP contribution in [0, 0.1) is 0 Å². The SMILES string of the molecule is CO[C@@H]1O[C@@H](C)[C@@H](O)[C@@H](O[Si](c2ccccc2)(c2ccccc2)C(C)(C)C)[C@@H]1O. The Kier molecular flexibility index (Phi) is 6.63. The van der Waals surface area contributed by atoms with E-state index >= 15 is 0 Å². The van der Waals surface area contributed by atoms with Crippen molar-refractivity contribution in [1.29, 1.82) is 0 Å². The van der Waals surface area contributed by atoms with Crippen molar-refractivity contribution < 1.29 is 24.1 Å². The number of hydrogen-bond donors (Lipinski definition) is 2. The van der Waals surface area contributed by atoms with Gasteiger partial charge >= 0.3 is 0 Å². The van der Waals surface area contributed by atoms with Crippen LogP contribution in [0.5, 0.6) is 0 Å². The Labute approximate surface area is 174 Å². The molecule has 6 heteroatoms. The average Bonchev–Trinajstić information content (AvgIpc) is 2.71. The van der Waals surface area contributed by atoms with E-state index in [9.17, 15) is 10.2 Å². The number of hydrogen-bond acceptors (Lipinski definition) is 5. The fourth-order valence-corrected chi connectivity index (χ4v) is 8.93. The summed E-state index contributed by atoms with van der Waals surface area (Å²) >= 11 is 0. The topological polar surface area (TPSA) is 68.2 Å². The molecule has 0 radical (unpaired) electrons. The van der Waals surface area contributed by atoms with Crippen molar-refractivity contribution in [3.63, 3.8) is 0 Å². The van der Waals surface area contributed by atoms with E-state index in [0.717, 1.165) is 10.4 Å². The molecule has 158 valence electrons. The molecule has 0 aliphatic carbocycles. The number of rotatable bonds is 5. The molecular formula is C23H32O5Si. The highest BCUT2D eigenvalue weighted by molar-refractivity contribution is 6.99. The molecule has 29 heavy (non-hydrogen) atoms. The third kappa shape index (κ3) is 4.06. The summed E-state index contributed by atoms with van der Waals surface area (Å²) in [6, 6.07) is 20.3. The van der Waals surface area contributed by atoms with Crippen LogP contribution in [0.1, 0.15) is 27.7 Å². The molecule has 1 fully saturated rings. The van der Waals surface area contributed by atoms with E-state index in [-0.39, 0.29) is 5.04 Å². The van der Waals surface area contributed by atoms with Gasteiger partial charge in [-0.05, 0) is 22.3 Å². The normalized spacial score (nSPS) is 28.3. The van der Waals surface area contributed by atoms with Gasteiger partial charge in [0.2, 0.25) is 0 Å². The largest absolute Gasteiger partial charge is 0.399 e. The van der Waals surface area contributed by atoms with Gasteiger partial charge in [-0.25, -0.2) is 0 Å². The molecular weight excluding hydrogens is 384 g/mol. The van der Waals surface area contributed by atoms with E-state index in [1.807, 2.05) is 36.4 Å². The molecule has 0 amide bonds. The fraction of sp³-hybridized carbons (Fsp3) is 0.478. The van der Waals surface area contributed by atoms with Gasteiger partial charge in [-0.1, -0.05) is 81.4 Å². The van der Waals surface area contributed by atoms with Gasteiger partial charge in [0.05, 0.1) is 6.10 Å². The van der Waals surface area contributed by atoms with Crippen LogP contribution in [-0.4, -0.2) is 56.3 Å². The van der Waals surface area contributed by atoms with Crippen LogP contribution in [0.3, 0.4) is 0 Å². The summed E-state index contributed by atoms with van der Waals surface area (Å²) in [4.78, 5) is 0. The second kappa shape index (κ2) is 8.68. The summed E-state index contributed by atoms with van der Waals surface area (Å²) in [6.45, 7) is 8.25. The van der Waals surface area contributed by atoms with Crippen molar-refractivity contribution >= 4 is 18.7 Å². The summed E-state index contributed by atoms with van der Waals surface area (Å²) in [5, 5.41) is 23.7. The highest BCUT2D eigenvalue weighted by atomic mass is 28.4. The second-order valence-corrected chi connectivity index (χ2v) is 12.9. The van der Waals surface area contributed by atoms with Gasteiger partial charge in [-0.3, -0.25) is 0 Å². The van der Waals surface area contributed by atoms with Gasteiger partial charge in [-0.2, -0.15) is 0 Å². The van der Waals surface area contributed by atoms with Crippen LogP contribution in [0.15, 0.2) is 60.7 Å². The van der Waals surface area contributed by atoms with Crippen LogP contribution in [0.4, 0.5) is 0 Å². The Bertz CT molecular complexity index is 737. The molecule has 1 aliphatic heterocycles. The summed E-state index contributed by atoms with van der Waals surface area (Å²) in [6.07, 6.45) is -4.29. The van der Waals surface area contributed by atoms with Gasteiger partial charge in [0.1, 0.15) is 18.3 Å². The molecule has 0 aromatic heterocycles. The summed E-state index contributed by atoms with van der Waals surface area (Å²) in [5.41, 5.74) is 0. The Balaban J connectivity index is 2.18. The van der Waals surface area contributed by atoms with E-state index in [1.54, 1.807) is 6.92 Å². The maximum atomic E-state index is 10.9. The lowest BCUT2D eigenvalue weighted by molar-refractivity contribution is -0.282. The van der Waals surface area contributed by atoms with E-state index in [1.165, 1.54) is 7.11 Å². The molecule has 2 aromatic carbocycles. The van der Waals surface area contributed by atoms with Gasteiger partial charge < -0.3 is 24.1 Å². The van der Waals surface area contributed by atoms with Crippen LogP contribution < -0.4 is 10.4 Å². The van der Waals surface area contributed by atoms with Gasteiger partial charge in [-0.15, -0.1) is 0 Å². The molecule has 0 unspecified atom stereocenters. The van der Waals surface area contributed by atoms with Crippen molar-refractivity contribution in [1.82, 2.24) is 0 Å². The van der Waals surface area contributed by atoms with Crippen molar-refractivity contribution in [3.05, 3.63) is 60.7 Å². The first-order valence-electron chi connectivity index (χ1n) is 10.1. The number of aliphatic hydroxyl groups excluding tert-OH is 2. The van der Waals surface area contributed by atoms with Gasteiger partial charge in [0.25, 0.3) is 8.32 Å². The first-order valence-corrected chi connectivity index (χ1v) is 12.0. The Morgan fingerprint density at radius 1 is 0.862 bits per heavy atom. The molecule has 0 bridgehead atoms. The molecule has 5 nitrogen and oxygen atoms in total. The fourth-order valence-electron chi connectivity index (χ4n) is 4.23. The maximum Gasteiger partial charge on any atom is 0.261 e. The third-order valence-corrected chi connectivity index (χ3v) is 10.8. The molecule has 1 aliphatic rings. The Morgan fingerprint density at radius 3 is 1.76 bits per heavy atom. The van der Waals surface area contributed by atoms with Crippen LogP contribution in [0.25, 0.3) is 0 Å². The predicted molar refractivity (Wildman–Crippen MR) is 116 cm³/mol. The quantitative estimate of drug-likeness (QED) is 0.730. The van der Waals surface area contributed by atoms with E-state index in [4.69, 9.17) is 13.9 Å². The highest BCUT2D eigenvalue weighted by Gasteiger charge is 2.55. The minimum absolute atomic E-state index is 0.265. The maximum absolute atomic E-state index is 10.9. The van der Waals surface area contributed by atoms with E-state index < -0.39 is 39.0 Å². The minimum Gasteiger partial charge on any atom is -0.399 e. The van der Waals surface area contributed by atoms with Crippen molar-refractivity contribution in [2.75, 3.05) is 7.11 Å². The number of aliphatic hydroxyl groups is 2. The molecule has 1 heterocycles. The Morgan fingerprint density at radius 2 is 1.34 bits per heavy atom. The number of ether oxygens (including phenoxy) is 2. The zero-order valence-electron chi connectivity index (χ0n) is 17.8. The molecule has 5 atom stereocenters. The monoisotopic (exact) mass is 416 g/mol.